The summed E-state index contributed by atoms with van der Waals surface area (Å²) in [5, 5.41) is 15.8. The summed E-state index contributed by atoms with van der Waals surface area (Å²) >= 11 is 0. The van der Waals surface area contributed by atoms with Gasteiger partial charge in [0.1, 0.15) is 24.3 Å². The summed E-state index contributed by atoms with van der Waals surface area (Å²) in [6.45, 7) is -0.166. The van der Waals surface area contributed by atoms with Crippen molar-refractivity contribution in [1.82, 2.24) is 19.1 Å². The van der Waals surface area contributed by atoms with E-state index in [1.54, 1.807) is 65.2 Å². The molecule has 2 N–H and O–H groups in total. The number of sulfonamides is 1. The predicted octanol–water partition coefficient (Wildman–Crippen LogP) is 1.98. The third-order valence-electron chi connectivity index (χ3n) is 5.18. The van der Waals surface area contributed by atoms with Crippen molar-refractivity contribution in [2.24, 2.45) is 7.05 Å². The lowest BCUT2D eigenvalue weighted by Crippen LogP contribution is -2.34. The van der Waals surface area contributed by atoms with Crippen molar-refractivity contribution >= 4 is 21.8 Å². The van der Waals surface area contributed by atoms with E-state index in [-0.39, 0.29) is 24.5 Å². The summed E-state index contributed by atoms with van der Waals surface area (Å²) in [5.74, 6) is -0.658. The Kier molecular flexibility index (Phi) is 7.18. The minimum atomic E-state index is -3.87. The highest BCUT2D eigenvalue weighted by atomic mass is 32.2. The van der Waals surface area contributed by atoms with Gasteiger partial charge in [-0.3, -0.25) is 4.79 Å². The van der Waals surface area contributed by atoms with Gasteiger partial charge in [0.05, 0.1) is 17.9 Å². The van der Waals surface area contributed by atoms with Crippen LogP contribution in [-0.4, -0.2) is 45.1 Å². The molecule has 1 aromatic carbocycles. The van der Waals surface area contributed by atoms with Crippen LogP contribution in [0.1, 0.15) is 11.3 Å². The molecule has 4 aromatic rings. The van der Waals surface area contributed by atoms with Crippen molar-refractivity contribution in [3.63, 3.8) is 0 Å². The Labute approximate surface area is 203 Å². The molecule has 0 aliphatic heterocycles. The monoisotopic (exact) mass is 493 g/mol. The van der Waals surface area contributed by atoms with Crippen LogP contribution in [0.15, 0.2) is 90.3 Å². The molecule has 0 radical (unpaired) electrons. The first-order chi connectivity index (χ1) is 16.8. The molecule has 10 nitrogen and oxygen atoms in total. The number of rotatable bonds is 10. The minimum absolute atomic E-state index is 0.00441. The highest BCUT2D eigenvalue weighted by molar-refractivity contribution is 7.89. The highest BCUT2D eigenvalue weighted by Crippen LogP contribution is 2.21. The first-order valence-corrected chi connectivity index (χ1v) is 12.2. The number of aromatic nitrogens is 4. The lowest BCUT2D eigenvalue weighted by molar-refractivity contribution is -0.673. The van der Waals surface area contributed by atoms with Crippen LogP contribution in [0.3, 0.4) is 0 Å². The lowest BCUT2D eigenvalue weighted by Gasteiger charge is -2.22. The first-order valence-electron chi connectivity index (χ1n) is 10.8. The molecule has 0 amide bonds. The first kappa shape index (κ1) is 24.0. The molecule has 3 heterocycles. The molecule has 0 fully saturated rings. The molecular weight excluding hydrogens is 468 g/mol. The van der Waals surface area contributed by atoms with Crippen molar-refractivity contribution in [1.29, 1.82) is 0 Å². The SMILES string of the molecule is C[n+]1cccc(S(=O)(=O)N(Cc2ccc(-n3cccn3)cc2)Cc2cccc(NCC(=O)O)n2)c1. The average molecular weight is 494 g/mol. The number of anilines is 1. The van der Waals surface area contributed by atoms with Crippen molar-refractivity contribution in [3.8, 4) is 5.69 Å². The molecule has 0 unspecified atom stereocenters. The number of hydrogen-bond acceptors (Lipinski definition) is 6. The predicted molar refractivity (Wildman–Crippen MR) is 128 cm³/mol. The molecule has 0 spiro atoms. The van der Waals surface area contributed by atoms with E-state index in [1.165, 1.54) is 4.31 Å². The van der Waals surface area contributed by atoms with Crippen LogP contribution in [0.25, 0.3) is 5.69 Å². The number of nitrogens with one attached hydrogen (secondary N) is 1. The maximum Gasteiger partial charge on any atom is 0.322 e. The topological polar surface area (TPSA) is 121 Å². The van der Waals surface area contributed by atoms with E-state index < -0.39 is 16.0 Å². The van der Waals surface area contributed by atoms with Crippen LogP contribution in [0.5, 0.6) is 0 Å². The van der Waals surface area contributed by atoms with E-state index in [9.17, 15) is 13.2 Å². The number of hydrogen-bond donors (Lipinski definition) is 2. The van der Waals surface area contributed by atoms with Crippen LogP contribution in [-0.2, 0) is 35.0 Å². The Bertz CT molecular complexity index is 1410. The van der Waals surface area contributed by atoms with E-state index in [2.05, 4.69) is 15.4 Å². The highest BCUT2D eigenvalue weighted by Gasteiger charge is 2.27. The van der Waals surface area contributed by atoms with Gasteiger partial charge >= 0.3 is 5.97 Å². The van der Waals surface area contributed by atoms with Gasteiger partial charge in [-0.15, -0.1) is 0 Å². The largest absolute Gasteiger partial charge is 0.480 e. The van der Waals surface area contributed by atoms with Crippen LogP contribution in [0.2, 0.25) is 0 Å². The molecule has 0 saturated carbocycles. The molecule has 35 heavy (non-hydrogen) atoms. The molecule has 3 aromatic heterocycles. The molecule has 0 saturated heterocycles. The fraction of sp³-hybridized carbons (Fsp3) is 0.167. The number of nitrogens with zero attached hydrogens (tertiary/aromatic N) is 5. The third kappa shape index (κ3) is 6.08. The molecule has 0 aliphatic carbocycles. The summed E-state index contributed by atoms with van der Waals surface area (Å²) in [5.41, 5.74) is 2.14. The zero-order chi connectivity index (χ0) is 24.8. The van der Waals surface area contributed by atoms with E-state index >= 15 is 0 Å². The van der Waals surface area contributed by atoms with Crippen molar-refractivity contribution in [2.75, 3.05) is 11.9 Å². The summed E-state index contributed by atoms with van der Waals surface area (Å²) in [6.07, 6.45) is 6.84. The Morgan fingerprint density at radius 2 is 1.89 bits per heavy atom. The minimum Gasteiger partial charge on any atom is -0.480 e. The molecular formula is C24H25N6O4S+. The third-order valence-corrected chi connectivity index (χ3v) is 6.96. The lowest BCUT2D eigenvalue weighted by atomic mass is 10.2. The maximum atomic E-state index is 13.6. The Morgan fingerprint density at radius 1 is 1.09 bits per heavy atom. The van der Waals surface area contributed by atoms with E-state index in [0.29, 0.717) is 11.5 Å². The van der Waals surface area contributed by atoms with E-state index in [0.717, 1.165) is 11.3 Å². The Balaban J connectivity index is 1.63. The normalized spacial score (nSPS) is 11.5. The van der Waals surface area contributed by atoms with Gasteiger partial charge in [0, 0.05) is 25.0 Å². The fourth-order valence-corrected chi connectivity index (χ4v) is 4.95. The number of aryl methyl sites for hydroxylation is 1. The standard InChI is InChI=1S/C24H24N6O4S/c1-28-13-3-6-22(18-28)35(33,34)29(17-20-5-2-7-23(27-20)25-15-24(31)32)16-19-8-10-21(11-9-19)30-14-4-12-26-30/h2-14,18H,15-17H2,1H3,(H-,25,27,31,32)/p+1. The zero-order valence-corrected chi connectivity index (χ0v) is 19.8. The van der Waals surface area contributed by atoms with Crippen LogP contribution >= 0.6 is 0 Å². The molecule has 0 bridgehead atoms. The summed E-state index contributed by atoms with van der Waals surface area (Å²) in [7, 11) is -2.11. The van der Waals surface area contributed by atoms with Crippen molar-refractivity contribution in [3.05, 3.63) is 96.7 Å². The van der Waals surface area contributed by atoms with Gasteiger partial charge in [0.15, 0.2) is 12.4 Å². The van der Waals surface area contributed by atoms with Gasteiger partial charge in [-0.25, -0.2) is 22.7 Å². The second-order valence-electron chi connectivity index (χ2n) is 7.86. The summed E-state index contributed by atoms with van der Waals surface area (Å²) in [6, 6.07) is 17.6. The fourth-order valence-electron chi connectivity index (χ4n) is 3.48. The quantitative estimate of drug-likeness (QED) is 0.324. The smallest absolute Gasteiger partial charge is 0.322 e. The number of carbonyl (C=O) groups is 1. The van der Waals surface area contributed by atoms with Gasteiger partial charge in [-0.05, 0) is 42.0 Å². The van der Waals surface area contributed by atoms with Gasteiger partial charge in [-0.1, -0.05) is 18.2 Å². The average Bonchev–Trinajstić information content (AvgIpc) is 3.38. The van der Waals surface area contributed by atoms with Crippen LogP contribution < -0.4 is 9.88 Å². The van der Waals surface area contributed by atoms with Crippen molar-refractivity contribution in [2.45, 2.75) is 18.0 Å². The van der Waals surface area contributed by atoms with Gasteiger partial charge in [0.2, 0.25) is 10.0 Å². The van der Waals surface area contributed by atoms with Crippen LogP contribution in [0, 0.1) is 0 Å². The maximum absolute atomic E-state index is 13.6. The van der Waals surface area contributed by atoms with Crippen LogP contribution in [0.4, 0.5) is 5.82 Å². The number of pyridine rings is 2. The molecule has 180 valence electrons. The molecule has 4 rings (SSSR count). The second-order valence-corrected chi connectivity index (χ2v) is 9.79. The van der Waals surface area contributed by atoms with Gasteiger partial charge < -0.3 is 10.4 Å². The Hall–Kier alpha value is -4.09. The number of benzene rings is 1. The zero-order valence-electron chi connectivity index (χ0n) is 19.0. The van der Waals surface area contributed by atoms with Crippen molar-refractivity contribution < 1.29 is 22.9 Å². The number of carboxylic acids is 1. The van der Waals surface area contributed by atoms with Gasteiger partial charge in [-0.2, -0.15) is 9.40 Å². The Morgan fingerprint density at radius 3 is 2.57 bits per heavy atom. The molecule has 0 aliphatic rings. The summed E-state index contributed by atoms with van der Waals surface area (Å²) < 4.78 is 32.0. The number of carboxylic acid groups (broad SMARTS) is 1. The molecule has 11 heteroatoms. The number of aliphatic carboxylic acids is 1. The van der Waals surface area contributed by atoms with E-state index in [1.807, 2.05) is 36.5 Å². The van der Waals surface area contributed by atoms with Gasteiger partial charge in [0.25, 0.3) is 0 Å². The second kappa shape index (κ2) is 10.5. The molecule has 0 atom stereocenters. The van der Waals surface area contributed by atoms with E-state index in [4.69, 9.17) is 5.11 Å². The summed E-state index contributed by atoms with van der Waals surface area (Å²) in [4.78, 5) is 15.4.